The van der Waals surface area contributed by atoms with E-state index in [4.69, 9.17) is 9.47 Å². The van der Waals surface area contributed by atoms with E-state index in [2.05, 4.69) is 5.32 Å². The van der Waals surface area contributed by atoms with E-state index < -0.39 is 35.9 Å². The first kappa shape index (κ1) is 26.0. The summed E-state index contributed by atoms with van der Waals surface area (Å²) in [4.78, 5) is 13.0. The number of nitrogens with one attached hydrogen (secondary N) is 1. The molecule has 4 aromatic carbocycles. The molecule has 0 aromatic heterocycles. The van der Waals surface area contributed by atoms with Gasteiger partial charge in [-0.2, -0.15) is 13.2 Å². The summed E-state index contributed by atoms with van der Waals surface area (Å²) < 4.78 is 51.3. The smallest absolute Gasteiger partial charge is 0.419 e. The molecule has 1 unspecified atom stereocenters. The minimum absolute atomic E-state index is 0.365. The summed E-state index contributed by atoms with van der Waals surface area (Å²) in [5.41, 5.74) is 0.528. The molecule has 0 saturated heterocycles. The molecule has 0 radical (unpaired) electrons. The molecule has 0 fully saturated rings. The van der Waals surface area contributed by atoms with Gasteiger partial charge in [0.2, 0.25) is 0 Å². The second kappa shape index (κ2) is 11.3. The third kappa shape index (κ3) is 5.67. The quantitative estimate of drug-likeness (QED) is 0.217. The van der Waals surface area contributed by atoms with E-state index in [1.807, 2.05) is 91.0 Å². The van der Waals surface area contributed by atoms with Crippen LogP contribution in [0, 0.1) is 0 Å². The number of hydrogen-bond acceptors (Lipinski definition) is 4. The van der Waals surface area contributed by atoms with Crippen molar-refractivity contribution in [3.05, 3.63) is 138 Å². The largest absolute Gasteiger partial charge is 0.491 e. The minimum Gasteiger partial charge on any atom is -0.491 e. The summed E-state index contributed by atoms with van der Waals surface area (Å²) in [6, 6.07) is 32.4. The van der Waals surface area contributed by atoms with Crippen molar-refractivity contribution in [2.75, 3.05) is 13.7 Å². The Bertz CT molecular complexity index is 1200. The third-order valence-electron chi connectivity index (χ3n) is 6.09. The van der Waals surface area contributed by atoms with Crippen molar-refractivity contribution in [2.45, 2.75) is 17.8 Å². The number of methoxy groups -OCH3 is 1. The maximum Gasteiger partial charge on any atom is 0.419 e. The van der Waals surface area contributed by atoms with Gasteiger partial charge in [-0.15, -0.1) is 0 Å². The monoisotopic (exact) mass is 505 g/mol. The van der Waals surface area contributed by atoms with Gasteiger partial charge in [-0.05, 0) is 28.8 Å². The first-order valence-electron chi connectivity index (χ1n) is 11.7. The molecule has 0 aliphatic carbocycles. The molecule has 4 rings (SSSR count). The summed E-state index contributed by atoms with van der Waals surface area (Å²) in [5.74, 6) is -1.04. The van der Waals surface area contributed by atoms with Crippen molar-refractivity contribution in [2.24, 2.45) is 0 Å². The van der Waals surface area contributed by atoms with Gasteiger partial charge >= 0.3 is 12.1 Å². The minimum atomic E-state index is -4.60. The number of hydrogen-bond donors (Lipinski definition) is 1. The van der Waals surface area contributed by atoms with Crippen LogP contribution in [0.1, 0.15) is 22.3 Å². The fourth-order valence-corrected chi connectivity index (χ4v) is 4.39. The zero-order chi connectivity index (χ0) is 26.3. The molecule has 4 aromatic rings. The van der Waals surface area contributed by atoms with Crippen molar-refractivity contribution in [3.63, 3.8) is 0 Å². The molecule has 0 amide bonds. The van der Waals surface area contributed by atoms with Gasteiger partial charge < -0.3 is 9.47 Å². The molecule has 37 heavy (non-hydrogen) atoms. The van der Waals surface area contributed by atoms with Crippen LogP contribution in [0.25, 0.3) is 0 Å². The molecule has 0 heterocycles. The second-order valence-corrected chi connectivity index (χ2v) is 8.37. The Balaban J connectivity index is 1.81. The number of ether oxygens (including phenoxy) is 2. The highest BCUT2D eigenvalue weighted by atomic mass is 19.4. The number of halogens is 3. The lowest BCUT2D eigenvalue weighted by Gasteiger charge is -2.39. The van der Waals surface area contributed by atoms with Gasteiger partial charge in [-0.3, -0.25) is 10.1 Å². The van der Waals surface area contributed by atoms with Crippen LogP contribution in [-0.2, 0) is 21.2 Å². The molecule has 7 heteroatoms. The molecule has 0 bridgehead atoms. The van der Waals surface area contributed by atoms with Gasteiger partial charge in [0.1, 0.15) is 18.4 Å². The molecule has 190 valence electrons. The molecule has 0 spiro atoms. The van der Waals surface area contributed by atoms with Crippen LogP contribution < -0.4 is 10.1 Å². The van der Waals surface area contributed by atoms with Crippen LogP contribution >= 0.6 is 0 Å². The van der Waals surface area contributed by atoms with Crippen molar-refractivity contribution in [1.29, 1.82) is 0 Å². The number of benzene rings is 4. The molecule has 0 saturated carbocycles. The Kier molecular flexibility index (Phi) is 7.94. The average Bonchev–Trinajstić information content (AvgIpc) is 2.94. The van der Waals surface area contributed by atoms with Crippen LogP contribution in [-0.4, -0.2) is 25.7 Å². The molecule has 0 aliphatic rings. The molecule has 4 nitrogen and oxygen atoms in total. The van der Waals surface area contributed by atoms with E-state index in [9.17, 15) is 18.0 Å². The topological polar surface area (TPSA) is 47.6 Å². The number of para-hydroxylation sites is 1. The zero-order valence-electron chi connectivity index (χ0n) is 20.1. The van der Waals surface area contributed by atoms with Crippen molar-refractivity contribution < 1.29 is 27.4 Å². The van der Waals surface area contributed by atoms with E-state index >= 15 is 0 Å². The van der Waals surface area contributed by atoms with Gasteiger partial charge in [-0.25, -0.2) is 0 Å². The Labute approximate surface area is 213 Å². The number of esters is 1. The lowest BCUT2D eigenvalue weighted by atomic mass is 9.76. The molecule has 1 atom stereocenters. The van der Waals surface area contributed by atoms with E-state index in [-0.39, 0.29) is 5.75 Å². The summed E-state index contributed by atoms with van der Waals surface area (Å²) in [6.45, 7) is -0.395. The standard InChI is InChI=1S/C30H26F3NO3/c1-36-28(35)26(21-37-27-20-12-11-19-25(27)30(31,32)33)34-29(22-13-5-2-6-14-22,23-15-7-3-8-16-23)24-17-9-4-10-18-24/h2-20,26,34H,21H2,1H3. The fourth-order valence-electron chi connectivity index (χ4n) is 4.39. The van der Waals surface area contributed by atoms with Gasteiger partial charge in [0.25, 0.3) is 0 Å². The molecular formula is C30H26F3NO3. The summed E-state index contributed by atoms with van der Waals surface area (Å²) in [5, 5.41) is 3.41. The van der Waals surface area contributed by atoms with Gasteiger partial charge in [-0.1, -0.05) is 103 Å². The predicted octanol–water partition coefficient (Wildman–Crippen LogP) is 6.21. The van der Waals surface area contributed by atoms with Gasteiger partial charge in [0.15, 0.2) is 0 Å². The third-order valence-corrected chi connectivity index (χ3v) is 6.09. The van der Waals surface area contributed by atoms with Crippen LogP contribution in [0.4, 0.5) is 13.2 Å². The van der Waals surface area contributed by atoms with Crippen molar-refractivity contribution >= 4 is 5.97 Å². The SMILES string of the molecule is COC(=O)C(COc1ccccc1C(F)(F)F)NC(c1ccccc1)(c1ccccc1)c1ccccc1. The maximum absolute atomic E-state index is 13.5. The summed E-state index contributed by atoms with van der Waals surface area (Å²) in [7, 11) is 1.23. The fraction of sp³-hybridized carbons (Fsp3) is 0.167. The Morgan fingerprint density at radius 1 is 0.730 bits per heavy atom. The Hall–Kier alpha value is -4.10. The zero-order valence-corrected chi connectivity index (χ0v) is 20.1. The van der Waals surface area contributed by atoms with E-state index in [1.54, 1.807) is 0 Å². The predicted molar refractivity (Wildman–Crippen MR) is 135 cm³/mol. The number of alkyl halides is 3. The highest BCUT2D eigenvalue weighted by Gasteiger charge is 2.41. The average molecular weight is 506 g/mol. The Morgan fingerprint density at radius 2 is 1.16 bits per heavy atom. The number of carbonyl (C=O) groups excluding carboxylic acids is 1. The lowest BCUT2D eigenvalue weighted by molar-refractivity contribution is -0.144. The van der Waals surface area contributed by atoms with E-state index in [0.29, 0.717) is 0 Å². The van der Waals surface area contributed by atoms with Crippen LogP contribution in [0.3, 0.4) is 0 Å². The van der Waals surface area contributed by atoms with E-state index in [1.165, 1.54) is 25.3 Å². The van der Waals surface area contributed by atoms with E-state index in [0.717, 1.165) is 22.8 Å². The van der Waals surface area contributed by atoms with Crippen LogP contribution in [0.2, 0.25) is 0 Å². The van der Waals surface area contributed by atoms with Crippen LogP contribution in [0.5, 0.6) is 5.75 Å². The molecular weight excluding hydrogens is 479 g/mol. The van der Waals surface area contributed by atoms with Crippen molar-refractivity contribution in [3.8, 4) is 5.75 Å². The second-order valence-electron chi connectivity index (χ2n) is 8.37. The highest BCUT2D eigenvalue weighted by Crippen LogP contribution is 2.38. The number of carbonyl (C=O) groups is 1. The Morgan fingerprint density at radius 3 is 1.59 bits per heavy atom. The van der Waals surface area contributed by atoms with Crippen LogP contribution in [0.15, 0.2) is 115 Å². The molecule has 0 aliphatic heterocycles. The summed E-state index contributed by atoms with van der Waals surface area (Å²) >= 11 is 0. The maximum atomic E-state index is 13.5. The lowest BCUT2D eigenvalue weighted by Crippen LogP contribution is -2.55. The van der Waals surface area contributed by atoms with Gasteiger partial charge in [0.05, 0.1) is 18.2 Å². The first-order valence-corrected chi connectivity index (χ1v) is 11.7. The summed E-state index contributed by atoms with van der Waals surface area (Å²) in [6.07, 6.45) is -4.60. The molecule has 1 N–H and O–H groups in total. The number of rotatable bonds is 9. The highest BCUT2D eigenvalue weighted by molar-refractivity contribution is 5.76. The van der Waals surface area contributed by atoms with Crippen molar-refractivity contribution in [1.82, 2.24) is 5.32 Å². The van der Waals surface area contributed by atoms with Gasteiger partial charge in [0, 0.05) is 0 Å². The normalized spacial score (nSPS) is 12.5. The first-order chi connectivity index (χ1) is 17.9.